The molecule has 1 saturated carbocycles. The Morgan fingerprint density at radius 2 is 1.88 bits per heavy atom. The highest BCUT2D eigenvalue weighted by Crippen LogP contribution is 2.38. The van der Waals surface area contributed by atoms with Crippen LogP contribution >= 0.6 is 12.4 Å². The Morgan fingerprint density at radius 3 is 2.44 bits per heavy atom. The van der Waals surface area contributed by atoms with Gasteiger partial charge in [0.25, 0.3) is 0 Å². The standard InChI is InChI=1S/C18H23F3N2O.ClH/c1-11(12-2-5-14(6-3-12)18(19,20)21)8-17(24)23-9-13-4-7-16(22)15(13)10-23;/h2-3,5-6,11,13,15-16H,4,7-10,22H2,1H3;1H. The molecule has 1 aliphatic heterocycles. The molecule has 7 heteroatoms. The zero-order valence-corrected chi connectivity index (χ0v) is 14.9. The second-order valence-corrected chi connectivity index (χ2v) is 7.19. The van der Waals surface area contributed by atoms with E-state index in [0.29, 0.717) is 18.3 Å². The molecule has 1 aromatic carbocycles. The summed E-state index contributed by atoms with van der Waals surface area (Å²) in [7, 11) is 0. The Bertz CT molecular complexity index is 605. The van der Waals surface area contributed by atoms with Crippen LogP contribution in [0.5, 0.6) is 0 Å². The summed E-state index contributed by atoms with van der Waals surface area (Å²) in [6, 6.07) is 5.29. The van der Waals surface area contributed by atoms with Gasteiger partial charge in [0.15, 0.2) is 0 Å². The van der Waals surface area contributed by atoms with Gasteiger partial charge in [0.1, 0.15) is 0 Å². The third-order valence-electron chi connectivity index (χ3n) is 5.55. The Hall–Kier alpha value is -1.27. The fraction of sp³-hybridized carbons (Fsp3) is 0.611. The molecule has 0 spiro atoms. The van der Waals surface area contributed by atoms with Crippen LogP contribution in [0, 0.1) is 11.8 Å². The number of alkyl halides is 3. The number of fused-ring (bicyclic) bond motifs is 1. The van der Waals surface area contributed by atoms with Gasteiger partial charge in [-0.1, -0.05) is 19.1 Å². The molecular weight excluding hydrogens is 353 g/mol. The molecule has 3 rings (SSSR count). The van der Waals surface area contributed by atoms with Crippen molar-refractivity contribution in [1.82, 2.24) is 4.90 Å². The molecule has 2 aliphatic rings. The van der Waals surface area contributed by atoms with Crippen molar-refractivity contribution in [2.45, 2.75) is 44.3 Å². The van der Waals surface area contributed by atoms with Crippen LogP contribution in [0.3, 0.4) is 0 Å². The minimum absolute atomic E-state index is 0. The molecule has 4 unspecified atom stereocenters. The van der Waals surface area contributed by atoms with Crippen molar-refractivity contribution >= 4 is 18.3 Å². The van der Waals surface area contributed by atoms with E-state index >= 15 is 0 Å². The lowest BCUT2D eigenvalue weighted by molar-refractivity contribution is -0.137. The van der Waals surface area contributed by atoms with Crippen molar-refractivity contribution in [3.05, 3.63) is 35.4 Å². The summed E-state index contributed by atoms with van der Waals surface area (Å²) in [5.74, 6) is 0.901. The largest absolute Gasteiger partial charge is 0.416 e. The van der Waals surface area contributed by atoms with Crippen LogP contribution in [-0.2, 0) is 11.0 Å². The molecule has 25 heavy (non-hydrogen) atoms. The minimum Gasteiger partial charge on any atom is -0.342 e. The van der Waals surface area contributed by atoms with Crippen molar-refractivity contribution in [1.29, 1.82) is 0 Å². The number of likely N-dealkylation sites (tertiary alicyclic amines) is 1. The Kier molecular flexibility index (Phi) is 6.05. The van der Waals surface area contributed by atoms with Crippen molar-refractivity contribution in [2.75, 3.05) is 13.1 Å². The van der Waals surface area contributed by atoms with Gasteiger partial charge in [-0.2, -0.15) is 13.2 Å². The number of amides is 1. The minimum atomic E-state index is -4.33. The maximum absolute atomic E-state index is 12.6. The molecule has 1 saturated heterocycles. The Labute approximate surface area is 152 Å². The maximum Gasteiger partial charge on any atom is 0.416 e. The fourth-order valence-electron chi connectivity index (χ4n) is 4.02. The lowest BCUT2D eigenvalue weighted by Crippen LogP contribution is -2.33. The van der Waals surface area contributed by atoms with Gasteiger partial charge in [-0.15, -0.1) is 12.4 Å². The number of carbonyl (C=O) groups excluding carboxylic acids is 1. The van der Waals surface area contributed by atoms with E-state index in [9.17, 15) is 18.0 Å². The zero-order valence-electron chi connectivity index (χ0n) is 14.1. The van der Waals surface area contributed by atoms with Gasteiger partial charge in [-0.3, -0.25) is 4.79 Å². The van der Waals surface area contributed by atoms with Gasteiger partial charge in [0.2, 0.25) is 5.91 Å². The molecule has 2 N–H and O–H groups in total. The third-order valence-corrected chi connectivity index (χ3v) is 5.55. The molecule has 2 fully saturated rings. The van der Waals surface area contributed by atoms with E-state index in [1.807, 2.05) is 11.8 Å². The SMILES string of the molecule is CC(CC(=O)N1CC2CCC(N)C2C1)c1ccc(C(F)(F)F)cc1.Cl. The highest BCUT2D eigenvalue weighted by molar-refractivity contribution is 5.85. The Morgan fingerprint density at radius 1 is 1.24 bits per heavy atom. The van der Waals surface area contributed by atoms with Gasteiger partial charge in [0.05, 0.1) is 5.56 Å². The van der Waals surface area contributed by atoms with E-state index in [0.717, 1.165) is 43.6 Å². The summed E-state index contributed by atoms with van der Waals surface area (Å²) in [5.41, 5.74) is 6.19. The van der Waals surface area contributed by atoms with Gasteiger partial charge >= 0.3 is 6.18 Å². The van der Waals surface area contributed by atoms with Gasteiger partial charge < -0.3 is 10.6 Å². The first kappa shape index (κ1) is 20.0. The van der Waals surface area contributed by atoms with Crippen LogP contribution in [0.1, 0.15) is 43.2 Å². The molecule has 140 valence electrons. The first-order valence-electron chi connectivity index (χ1n) is 8.46. The predicted octanol–water partition coefficient (Wildman–Crippen LogP) is 3.82. The van der Waals surface area contributed by atoms with E-state index in [1.54, 1.807) is 0 Å². The van der Waals surface area contributed by atoms with E-state index < -0.39 is 11.7 Å². The number of nitrogens with zero attached hydrogens (tertiary/aromatic N) is 1. The van der Waals surface area contributed by atoms with Crippen molar-refractivity contribution in [3.8, 4) is 0 Å². The second kappa shape index (κ2) is 7.54. The van der Waals surface area contributed by atoms with E-state index in [2.05, 4.69) is 0 Å². The first-order chi connectivity index (χ1) is 11.3. The summed E-state index contributed by atoms with van der Waals surface area (Å²) in [6.45, 7) is 3.38. The Balaban J connectivity index is 0.00000225. The second-order valence-electron chi connectivity index (χ2n) is 7.19. The highest BCUT2D eigenvalue weighted by Gasteiger charge is 2.42. The summed E-state index contributed by atoms with van der Waals surface area (Å²) in [5, 5.41) is 0. The van der Waals surface area contributed by atoms with E-state index in [4.69, 9.17) is 5.73 Å². The van der Waals surface area contributed by atoms with Crippen LogP contribution in [0.4, 0.5) is 13.2 Å². The number of hydrogen-bond acceptors (Lipinski definition) is 2. The summed E-state index contributed by atoms with van der Waals surface area (Å²) < 4.78 is 37.8. The molecule has 0 aromatic heterocycles. The number of rotatable bonds is 3. The normalized spacial score (nSPS) is 26.9. The molecular formula is C18H24ClF3N2O. The summed E-state index contributed by atoms with van der Waals surface area (Å²) >= 11 is 0. The highest BCUT2D eigenvalue weighted by atomic mass is 35.5. The van der Waals surface area contributed by atoms with Crippen LogP contribution in [-0.4, -0.2) is 29.9 Å². The summed E-state index contributed by atoms with van der Waals surface area (Å²) in [4.78, 5) is 14.4. The maximum atomic E-state index is 12.6. The molecule has 1 aromatic rings. The van der Waals surface area contributed by atoms with Crippen LogP contribution in [0.25, 0.3) is 0 Å². The number of carbonyl (C=O) groups is 1. The quantitative estimate of drug-likeness (QED) is 0.871. The van der Waals surface area contributed by atoms with E-state index in [1.165, 1.54) is 12.1 Å². The smallest absolute Gasteiger partial charge is 0.342 e. The van der Waals surface area contributed by atoms with Gasteiger partial charge in [-0.05, 0) is 48.3 Å². The topological polar surface area (TPSA) is 46.3 Å². The van der Waals surface area contributed by atoms with Crippen molar-refractivity contribution in [3.63, 3.8) is 0 Å². The fourth-order valence-corrected chi connectivity index (χ4v) is 4.02. The van der Waals surface area contributed by atoms with E-state index in [-0.39, 0.29) is 30.3 Å². The van der Waals surface area contributed by atoms with Crippen LogP contribution < -0.4 is 5.73 Å². The lowest BCUT2D eigenvalue weighted by atomic mass is 9.96. The monoisotopic (exact) mass is 376 g/mol. The average Bonchev–Trinajstić information content (AvgIpc) is 3.09. The predicted molar refractivity (Wildman–Crippen MR) is 92.5 cm³/mol. The van der Waals surface area contributed by atoms with Crippen molar-refractivity contribution in [2.24, 2.45) is 17.6 Å². The lowest BCUT2D eigenvalue weighted by Gasteiger charge is -2.21. The van der Waals surface area contributed by atoms with Crippen LogP contribution in [0.2, 0.25) is 0 Å². The first-order valence-corrected chi connectivity index (χ1v) is 8.46. The molecule has 1 amide bonds. The molecule has 3 nitrogen and oxygen atoms in total. The third kappa shape index (κ3) is 4.29. The number of halogens is 4. The molecule has 0 bridgehead atoms. The zero-order chi connectivity index (χ0) is 17.5. The van der Waals surface area contributed by atoms with Gasteiger partial charge in [0, 0.05) is 25.6 Å². The molecule has 4 atom stereocenters. The average molecular weight is 377 g/mol. The van der Waals surface area contributed by atoms with Gasteiger partial charge in [-0.25, -0.2) is 0 Å². The number of hydrogen-bond donors (Lipinski definition) is 1. The number of nitrogens with two attached hydrogens (primary N) is 1. The number of benzene rings is 1. The summed E-state index contributed by atoms with van der Waals surface area (Å²) in [6.07, 6.45) is -1.88. The molecule has 1 heterocycles. The van der Waals surface area contributed by atoms with Crippen molar-refractivity contribution < 1.29 is 18.0 Å². The molecule has 1 aliphatic carbocycles. The van der Waals surface area contributed by atoms with Crippen LogP contribution in [0.15, 0.2) is 24.3 Å². The molecule has 0 radical (unpaired) electrons.